The number of aromatic nitrogens is 1. The van der Waals surface area contributed by atoms with Gasteiger partial charge in [-0.25, -0.2) is 4.79 Å². The number of hydrogen-bond donors (Lipinski definition) is 3. The maximum absolute atomic E-state index is 11.8. The number of amides is 1. The van der Waals surface area contributed by atoms with Gasteiger partial charge < -0.3 is 24.8 Å². The summed E-state index contributed by atoms with van der Waals surface area (Å²) in [5.41, 5.74) is 0.326. The highest BCUT2D eigenvalue weighted by molar-refractivity contribution is 5.95. The van der Waals surface area contributed by atoms with Crippen LogP contribution >= 0.6 is 0 Å². The molecule has 100 valence electrons. The van der Waals surface area contributed by atoms with Crippen LogP contribution in [0.3, 0.4) is 0 Å². The van der Waals surface area contributed by atoms with Crippen molar-refractivity contribution < 1.29 is 24.5 Å². The molecule has 0 fully saturated rings. The number of aliphatic hydroxyl groups is 1. The number of carboxylic acid groups (broad SMARTS) is 1. The van der Waals surface area contributed by atoms with Crippen LogP contribution in [-0.2, 0) is 16.1 Å². The van der Waals surface area contributed by atoms with E-state index in [1.165, 1.54) is 0 Å². The fraction of sp³-hybridized carbons (Fsp3) is 0.455. The molecule has 1 rings (SSSR count). The number of carboxylic acids is 1. The standard InChI is InChI=1S/C11H16N2O5/c1-18-6-5-13-4-2-3-9(13)10(15)12-8(7-14)11(16)17/h2-4,8,14H,5-7H2,1H3,(H,12,15)(H,16,17)/t8-/m0/s1. The van der Waals surface area contributed by atoms with Crippen molar-refractivity contribution in [2.75, 3.05) is 20.3 Å². The van der Waals surface area contributed by atoms with Gasteiger partial charge in [-0.3, -0.25) is 4.79 Å². The molecule has 0 saturated heterocycles. The highest BCUT2D eigenvalue weighted by Crippen LogP contribution is 2.03. The summed E-state index contributed by atoms with van der Waals surface area (Å²) in [6.07, 6.45) is 1.70. The molecule has 18 heavy (non-hydrogen) atoms. The van der Waals surface area contributed by atoms with E-state index in [1.54, 1.807) is 30.0 Å². The van der Waals surface area contributed by atoms with Gasteiger partial charge in [0.05, 0.1) is 13.2 Å². The third-order valence-corrected chi connectivity index (χ3v) is 2.38. The summed E-state index contributed by atoms with van der Waals surface area (Å²) in [7, 11) is 1.55. The van der Waals surface area contributed by atoms with Crippen LogP contribution in [0.5, 0.6) is 0 Å². The molecule has 1 heterocycles. The van der Waals surface area contributed by atoms with E-state index in [0.717, 1.165) is 0 Å². The number of nitrogens with one attached hydrogen (secondary N) is 1. The smallest absolute Gasteiger partial charge is 0.328 e. The Morgan fingerprint density at radius 2 is 2.28 bits per heavy atom. The topological polar surface area (TPSA) is 101 Å². The molecule has 0 aliphatic rings. The fourth-order valence-corrected chi connectivity index (χ4v) is 1.42. The normalized spacial score (nSPS) is 12.1. The average molecular weight is 256 g/mol. The van der Waals surface area contributed by atoms with E-state index < -0.39 is 24.5 Å². The van der Waals surface area contributed by atoms with Gasteiger partial charge in [0.2, 0.25) is 0 Å². The Morgan fingerprint density at radius 3 is 2.83 bits per heavy atom. The second-order valence-electron chi connectivity index (χ2n) is 3.63. The van der Waals surface area contributed by atoms with E-state index in [1.807, 2.05) is 0 Å². The SMILES string of the molecule is COCCn1cccc1C(=O)N[C@@H](CO)C(=O)O. The molecule has 0 bridgehead atoms. The molecule has 0 radical (unpaired) electrons. The Kier molecular flexibility index (Phi) is 5.34. The van der Waals surface area contributed by atoms with Crippen LogP contribution in [0.25, 0.3) is 0 Å². The van der Waals surface area contributed by atoms with E-state index in [9.17, 15) is 9.59 Å². The van der Waals surface area contributed by atoms with Crippen molar-refractivity contribution in [3.63, 3.8) is 0 Å². The van der Waals surface area contributed by atoms with Gasteiger partial charge in [-0.05, 0) is 12.1 Å². The van der Waals surface area contributed by atoms with Gasteiger partial charge in [0.1, 0.15) is 5.69 Å². The summed E-state index contributed by atoms with van der Waals surface area (Å²) in [4.78, 5) is 22.5. The van der Waals surface area contributed by atoms with Gasteiger partial charge in [0, 0.05) is 19.9 Å². The molecule has 1 aromatic heterocycles. The number of ether oxygens (including phenoxy) is 1. The second-order valence-corrected chi connectivity index (χ2v) is 3.63. The average Bonchev–Trinajstić information content (AvgIpc) is 2.80. The molecule has 7 nitrogen and oxygen atoms in total. The lowest BCUT2D eigenvalue weighted by Crippen LogP contribution is -2.43. The highest BCUT2D eigenvalue weighted by Gasteiger charge is 2.20. The third-order valence-electron chi connectivity index (χ3n) is 2.38. The number of hydrogen-bond acceptors (Lipinski definition) is 4. The van der Waals surface area contributed by atoms with E-state index in [-0.39, 0.29) is 0 Å². The Morgan fingerprint density at radius 1 is 1.56 bits per heavy atom. The van der Waals surface area contributed by atoms with Crippen molar-refractivity contribution >= 4 is 11.9 Å². The minimum absolute atomic E-state index is 0.326. The Labute approximate surface area is 104 Å². The van der Waals surface area contributed by atoms with Crippen LogP contribution in [-0.4, -0.2) is 53.0 Å². The van der Waals surface area contributed by atoms with Gasteiger partial charge in [-0.2, -0.15) is 0 Å². The van der Waals surface area contributed by atoms with Crippen molar-refractivity contribution in [3.8, 4) is 0 Å². The predicted molar refractivity (Wildman–Crippen MR) is 62.3 cm³/mol. The zero-order valence-electron chi connectivity index (χ0n) is 10.00. The molecule has 0 saturated carbocycles. The Hall–Kier alpha value is -1.86. The zero-order chi connectivity index (χ0) is 13.5. The lowest BCUT2D eigenvalue weighted by atomic mass is 10.3. The minimum atomic E-state index is -1.30. The fourth-order valence-electron chi connectivity index (χ4n) is 1.42. The van der Waals surface area contributed by atoms with Crippen LogP contribution in [0, 0.1) is 0 Å². The van der Waals surface area contributed by atoms with Gasteiger partial charge in [-0.15, -0.1) is 0 Å². The molecular weight excluding hydrogens is 240 g/mol. The van der Waals surface area contributed by atoms with Crippen LogP contribution in [0.2, 0.25) is 0 Å². The maximum Gasteiger partial charge on any atom is 0.328 e. The van der Waals surface area contributed by atoms with Crippen molar-refractivity contribution in [3.05, 3.63) is 24.0 Å². The second kappa shape index (κ2) is 6.77. The minimum Gasteiger partial charge on any atom is -0.480 e. The maximum atomic E-state index is 11.8. The van der Waals surface area contributed by atoms with Crippen molar-refractivity contribution in [2.24, 2.45) is 0 Å². The zero-order valence-corrected chi connectivity index (χ0v) is 10.00. The lowest BCUT2D eigenvalue weighted by molar-refractivity contribution is -0.140. The number of methoxy groups -OCH3 is 1. The summed E-state index contributed by atoms with van der Waals surface area (Å²) in [6.45, 7) is 0.278. The number of rotatable bonds is 7. The lowest BCUT2D eigenvalue weighted by Gasteiger charge is -2.13. The highest BCUT2D eigenvalue weighted by atomic mass is 16.5. The molecule has 1 atom stereocenters. The molecule has 0 aliphatic carbocycles. The third kappa shape index (κ3) is 3.57. The Balaban J connectivity index is 2.71. The summed E-state index contributed by atoms with van der Waals surface area (Å²) in [5, 5.41) is 19.8. The van der Waals surface area contributed by atoms with Gasteiger partial charge in [0.25, 0.3) is 5.91 Å². The molecule has 1 amide bonds. The summed E-state index contributed by atoms with van der Waals surface area (Å²) in [5.74, 6) is -1.82. The van der Waals surface area contributed by atoms with E-state index in [2.05, 4.69) is 5.32 Å². The monoisotopic (exact) mass is 256 g/mol. The van der Waals surface area contributed by atoms with Crippen LogP contribution in [0.1, 0.15) is 10.5 Å². The predicted octanol–water partition coefficient (Wildman–Crippen LogP) is -0.690. The summed E-state index contributed by atoms with van der Waals surface area (Å²) < 4.78 is 6.55. The molecule has 7 heteroatoms. The first-order valence-electron chi connectivity index (χ1n) is 5.38. The van der Waals surface area contributed by atoms with E-state index >= 15 is 0 Å². The molecule has 3 N–H and O–H groups in total. The van der Waals surface area contributed by atoms with Crippen molar-refractivity contribution in [1.29, 1.82) is 0 Å². The summed E-state index contributed by atoms with van der Waals surface area (Å²) in [6, 6.07) is 1.95. The quantitative estimate of drug-likeness (QED) is 0.599. The Bertz CT molecular complexity index is 415. The summed E-state index contributed by atoms with van der Waals surface area (Å²) >= 11 is 0. The molecule has 0 aliphatic heterocycles. The number of carbonyl (C=O) groups excluding carboxylic acids is 1. The first-order valence-corrected chi connectivity index (χ1v) is 5.38. The van der Waals surface area contributed by atoms with E-state index in [0.29, 0.717) is 18.8 Å². The van der Waals surface area contributed by atoms with Crippen LogP contribution < -0.4 is 5.32 Å². The number of carbonyl (C=O) groups is 2. The van der Waals surface area contributed by atoms with Crippen molar-refractivity contribution in [2.45, 2.75) is 12.6 Å². The van der Waals surface area contributed by atoms with Gasteiger partial charge in [-0.1, -0.05) is 0 Å². The number of aliphatic carboxylic acids is 1. The first kappa shape index (κ1) is 14.2. The van der Waals surface area contributed by atoms with E-state index in [4.69, 9.17) is 14.9 Å². The molecule has 0 spiro atoms. The first-order chi connectivity index (χ1) is 8.60. The molecule has 0 unspecified atom stereocenters. The van der Waals surface area contributed by atoms with Crippen LogP contribution in [0.15, 0.2) is 18.3 Å². The van der Waals surface area contributed by atoms with Crippen LogP contribution in [0.4, 0.5) is 0 Å². The van der Waals surface area contributed by atoms with Gasteiger partial charge >= 0.3 is 5.97 Å². The molecular formula is C11H16N2O5. The molecule has 0 aromatic carbocycles. The van der Waals surface area contributed by atoms with Gasteiger partial charge in [0.15, 0.2) is 6.04 Å². The largest absolute Gasteiger partial charge is 0.480 e. The number of aliphatic hydroxyl groups excluding tert-OH is 1. The number of nitrogens with zero attached hydrogens (tertiary/aromatic N) is 1. The van der Waals surface area contributed by atoms with Crippen molar-refractivity contribution in [1.82, 2.24) is 9.88 Å². The molecule has 1 aromatic rings.